The second-order valence-electron chi connectivity index (χ2n) is 7.93. The van der Waals surface area contributed by atoms with Gasteiger partial charge in [0.15, 0.2) is 0 Å². The maximum absolute atomic E-state index is 12.9. The summed E-state index contributed by atoms with van der Waals surface area (Å²) in [6.07, 6.45) is 0.936. The van der Waals surface area contributed by atoms with Crippen LogP contribution in [0.3, 0.4) is 0 Å². The van der Waals surface area contributed by atoms with Gasteiger partial charge in [-0.1, -0.05) is 29.8 Å². The lowest BCUT2D eigenvalue weighted by Crippen LogP contribution is -2.41. The van der Waals surface area contributed by atoms with Crippen molar-refractivity contribution in [2.75, 3.05) is 18.4 Å². The number of sulfonamides is 1. The van der Waals surface area contributed by atoms with E-state index in [0.29, 0.717) is 36.6 Å². The third-order valence-electron chi connectivity index (χ3n) is 5.92. The van der Waals surface area contributed by atoms with Crippen LogP contribution >= 0.6 is 11.6 Å². The number of nitrogens with zero attached hydrogens (tertiary/aromatic N) is 1. The average Bonchev–Trinajstić information content (AvgIpc) is 3.17. The fraction of sp³-hybridized carbons (Fsp3) is 0.208. The fourth-order valence-electron chi connectivity index (χ4n) is 4.16. The predicted octanol–water partition coefficient (Wildman–Crippen LogP) is 5.28. The van der Waals surface area contributed by atoms with Gasteiger partial charge in [0.1, 0.15) is 11.2 Å². The molecule has 2 heterocycles. The Morgan fingerprint density at radius 3 is 2.38 bits per heavy atom. The molecule has 0 aliphatic carbocycles. The van der Waals surface area contributed by atoms with Crippen LogP contribution in [0, 0.1) is 5.92 Å². The zero-order chi connectivity index (χ0) is 22.3. The first kappa shape index (κ1) is 21.0. The van der Waals surface area contributed by atoms with E-state index in [1.165, 1.54) is 16.4 Å². The molecule has 164 valence electrons. The van der Waals surface area contributed by atoms with E-state index in [1.54, 1.807) is 12.1 Å². The molecule has 3 aromatic carbocycles. The summed E-state index contributed by atoms with van der Waals surface area (Å²) >= 11 is 5.86. The molecular weight excluding hydrogens is 448 g/mol. The van der Waals surface area contributed by atoms with Gasteiger partial charge in [0.25, 0.3) is 0 Å². The molecule has 6 nitrogen and oxygen atoms in total. The van der Waals surface area contributed by atoms with Gasteiger partial charge in [-0.15, -0.1) is 0 Å². The molecule has 4 aromatic rings. The molecule has 0 spiro atoms. The van der Waals surface area contributed by atoms with E-state index in [4.69, 9.17) is 16.0 Å². The number of nitrogens with one attached hydrogen (secondary N) is 1. The van der Waals surface area contributed by atoms with Crippen LogP contribution in [-0.4, -0.2) is 31.7 Å². The maximum atomic E-state index is 12.9. The number of carbonyl (C=O) groups excluding carboxylic acids is 1. The van der Waals surface area contributed by atoms with E-state index < -0.39 is 10.0 Å². The Bertz CT molecular complexity index is 1410. The van der Waals surface area contributed by atoms with Crippen molar-refractivity contribution >= 4 is 55.2 Å². The first-order chi connectivity index (χ1) is 15.4. The standard InChI is InChI=1S/C24H21ClN2O4S/c25-17-5-8-19(9-6-17)32(29,30)27-13-11-16(12-14-27)24(28)26-18-7-10-23-21(15-18)20-3-1-2-4-22(20)31-23/h1-10,15-16H,11-14H2,(H,26,28). The number of halogens is 1. The van der Waals surface area contributed by atoms with Crippen LogP contribution in [0.25, 0.3) is 21.9 Å². The number of fused-ring (bicyclic) bond motifs is 3. The molecular formula is C24H21ClN2O4S. The van der Waals surface area contributed by atoms with Crippen molar-refractivity contribution in [3.8, 4) is 0 Å². The lowest BCUT2D eigenvalue weighted by molar-refractivity contribution is -0.120. The molecule has 1 amide bonds. The molecule has 0 unspecified atom stereocenters. The Balaban J connectivity index is 1.26. The maximum Gasteiger partial charge on any atom is 0.243 e. The van der Waals surface area contributed by atoms with Gasteiger partial charge in [0.05, 0.1) is 4.90 Å². The van der Waals surface area contributed by atoms with Crippen LogP contribution in [0.2, 0.25) is 5.02 Å². The number of hydrogen-bond donors (Lipinski definition) is 1. The van der Waals surface area contributed by atoms with Crippen molar-refractivity contribution in [2.45, 2.75) is 17.7 Å². The number of para-hydroxylation sites is 1. The van der Waals surface area contributed by atoms with Gasteiger partial charge in [-0.05, 0) is 61.4 Å². The first-order valence-corrected chi connectivity index (χ1v) is 12.2. The first-order valence-electron chi connectivity index (χ1n) is 10.4. The van der Waals surface area contributed by atoms with Gasteiger partial charge in [-0.3, -0.25) is 4.79 Å². The molecule has 1 saturated heterocycles. The van der Waals surface area contributed by atoms with Crippen LogP contribution in [-0.2, 0) is 14.8 Å². The molecule has 1 fully saturated rings. The number of furan rings is 1. The number of hydrogen-bond acceptors (Lipinski definition) is 4. The Morgan fingerprint density at radius 2 is 1.62 bits per heavy atom. The third kappa shape index (κ3) is 3.88. The zero-order valence-electron chi connectivity index (χ0n) is 17.1. The predicted molar refractivity (Wildman–Crippen MR) is 125 cm³/mol. The van der Waals surface area contributed by atoms with Crippen LogP contribution in [0.4, 0.5) is 5.69 Å². The monoisotopic (exact) mass is 468 g/mol. The summed E-state index contributed by atoms with van der Waals surface area (Å²) in [7, 11) is -3.59. The SMILES string of the molecule is O=C(Nc1ccc2oc3ccccc3c2c1)C1CCN(S(=O)(=O)c2ccc(Cl)cc2)CC1. The highest BCUT2D eigenvalue weighted by Crippen LogP contribution is 2.31. The number of amides is 1. The molecule has 1 aromatic heterocycles. The highest BCUT2D eigenvalue weighted by Gasteiger charge is 2.32. The number of anilines is 1. The molecule has 0 bridgehead atoms. The molecule has 1 aliphatic heterocycles. The number of rotatable bonds is 4. The summed E-state index contributed by atoms with van der Waals surface area (Å²) in [5.41, 5.74) is 2.27. The van der Waals surface area contributed by atoms with E-state index in [-0.39, 0.29) is 16.7 Å². The van der Waals surface area contributed by atoms with Crippen molar-refractivity contribution in [3.63, 3.8) is 0 Å². The minimum atomic E-state index is -3.59. The van der Waals surface area contributed by atoms with Crippen molar-refractivity contribution in [2.24, 2.45) is 5.92 Å². The van der Waals surface area contributed by atoms with Gasteiger partial charge in [0.2, 0.25) is 15.9 Å². The van der Waals surface area contributed by atoms with E-state index in [1.807, 2.05) is 42.5 Å². The van der Waals surface area contributed by atoms with Crippen LogP contribution in [0.15, 0.2) is 76.0 Å². The van der Waals surface area contributed by atoms with E-state index in [0.717, 1.165) is 21.9 Å². The van der Waals surface area contributed by atoms with Crippen molar-refractivity contribution in [1.82, 2.24) is 4.31 Å². The third-order valence-corrected chi connectivity index (χ3v) is 8.09. The smallest absolute Gasteiger partial charge is 0.243 e. The Labute approximate surface area is 190 Å². The normalized spacial score (nSPS) is 15.9. The summed E-state index contributed by atoms with van der Waals surface area (Å²) in [5.74, 6) is -0.343. The fourth-order valence-corrected chi connectivity index (χ4v) is 5.76. The van der Waals surface area contributed by atoms with Crippen LogP contribution in [0.1, 0.15) is 12.8 Å². The molecule has 0 atom stereocenters. The van der Waals surface area contributed by atoms with Crippen molar-refractivity contribution < 1.29 is 17.6 Å². The van der Waals surface area contributed by atoms with Crippen molar-refractivity contribution in [1.29, 1.82) is 0 Å². The molecule has 8 heteroatoms. The minimum Gasteiger partial charge on any atom is -0.456 e. The van der Waals surface area contributed by atoms with E-state index in [9.17, 15) is 13.2 Å². The second kappa shape index (κ2) is 8.24. The van der Waals surface area contributed by atoms with Crippen molar-refractivity contribution in [3.05, 3.63) is 71.8 Å². The number of piperidine rings is 1. The topological polar surface area (TPSA) is 79.6 Å². The molecule has 32 heavy (non-hydrogen) atoms. The highest BCUT2D eigenvalue weighted by atomic mass is 35.5. The largest absolute Gasteiger partial charge is 0.456 e. The molecule has 1 N–H and O–H groups in total. The van der Waals surface area contributed by atoms with Crippen LogP contribution in [0.5, 0.6) is 0 Å². The molecule has 1 aliphatic rings. The summed E-state index contributed by atoms with van der Waals surface area (Å²) in [6.45, 7) is 0.600. The van der Waals surface area contributed by atoms with Gasteiger partial charge in [0, 0.05) is 40.5 Å². The molecule has 0 saturated carbocycles. The minimum absolute atomic E-state index is 0.0966. The average molecular weight is 469 g/mol. The Morgan fingerprint density at radius 1 is 0.938 bits per heavy atom. The zero-order valence-corrected chi connectivity index (χ0v) is 18.7. The van der Waals surface area contributed by atoms with E-state index >= 15 is 0 Å². The Kier molecular flexibility index (Phi) is 5.41. The van der Waals surface area contributed by atoms with Gasteiger partial charge >= 0.3 is 0 Å². The van der Waals surface area contributed by atoms with Gasteiger partial charge in [-0.2, -0.15) is 4.31 Å². The Hall–Kier alpha value is -2.87. The second-order valence-corrected chi connectivity index (χ2v) is 10.3. The van der Waals surface area contributed by atoms with E-state index in [2.05, 4.69) is 5.32 Å². The summed E-state index contributed by atoms with van der Waals surface area (Å²) < 4.78 is 33.0. The lowest BCUT2D eigenvalue weighted by atomic mass is 9.97. The van der Waals surface area contributed by atoms with Crippen LogP contribution < -0.4 is 5.32 Å². The van der Waals surface area contributed by atoms with Gasteiger partial charge in [-0.25, -0.2) is 8.42 Å². The lowest BCUT2D eigenvalue weighted by Gasteiger charge is -2.30. The summed E-state index contributed by atoms with van der Waals surface area (Å²) in [6, 6.07) is 19.5. The quantitative estimate of drug-likeness (QED) is 0.442. The highest BCUT2D eigenvalue weighted by molar-refractivity contribution is 7.89. The number of carbonyl (C=O) groups is 1. The number of benzene rings is 3. The summed E-state index contributed by atoms with van der Waals surface area (Å²) in [5, 5.41) is 5.42. The molecule has 0 radical (unpaired) electrons. The molecule has 5 rings (SSSR count). The van der Waals surface area contributed by atoms with Gasteiger partial charge < -0.3 is 9.73 Å². The summed E-state index contributed by atoms with van der Waals surface area (Å²) in [4.78, 5) is 13.1.